The molecule has 42 heavy (non-hydrogen) atoms. The van der Waals surface area contributed by atoms with E-state index in [2.05, 4.69) is 161 Å². The third-order valence-corrected chi connectivity index (χ3v) is 8.74. The standard InChI is InChI=1S/C40H26N2/c1-2-10-29(11-3-1)42-38-17-9-7-14-32(38)33-23-22-28(24-39(33)42)26-18-20-27(21-19-26)35-25-36-31-13-6-8-16-37(31)41-40(36)34-15-5-4-12-30(34)35/h1-25,41H. The fourth-order valence-electron chi connectivity index (χ4n) is 6.77. The SMILES string of the molecule is c1ccc(-n2c3ccccc3c3ccc(-c4ccc(-c5cc6c7ccccc7[nH]c6c6ccccc56)cc4)cc32)cc1. The molecule has 0 spiro atoms. The van der Waals surface area contributed by atoms with Crippen LogP contribution in [0, 0.1) is 0 Å². The molecule has 0 unspecified atom stereocenters. The number of nitrogens with zero attached hydrogens (tertiary/aromatic N) is 1. The number of aromatic amines is 1. The molecule has 0 fully saturated rings. The molecule has 0 saturated heterocycles. The molecule has 0 aliphatic rings. The van der Waals surface area contributed by atoms with Gasteiger partial charge in [0.25, 0.3) is 0 Å². The van der Waals surface area contributed by atoms with E-state index in [9.17, 15) is 0 Å². The second-order valence-electron chi connectivity index (χ2n) is 11.1. The average Bonchev–Trinajstić information content (AvgIpc) is 3.60. The van der Waals surface area contributed by atoms with Crippen LogP contribution in [0.15, 0.2) is 152 Å². The van der Waals surface area contributed by atoms with Crippen molar-refractivity contribution in [2.24, 2.45) is 0 Å². The molecule has 0 saturated carbocycles. The molecule has 2 heterocycles. The molecule has 2 heteroatoms. The molecule has 0 radical (unpaired) electrons. The Labute approximate surface area is 243 Å². The van der Waals surface area contributed by atoms with Gasteiger partial charge >= 0.3 is 0 Å². The number of hydrogen-bond acceptors (Lipinski definition) is 0. The number of fused-ring (bicyclic) bond motifs is 8. The van der Waals surface area contributed by atoms with E-state index >= 15 is 0 Å². The van der Waals surface area contributed by atoms with E-state index in [1.807, 2.05) is 0 Å². The predicted octanol–water partition coefficient (Wildman–Crippen LogP) is 10.9. The minimum absolute atomic E-state index is 1.17. The van der Waals surface area contributed by atoms with Crippen molar-refractivity contribution in [3.05, 3.63) is 152 Å². The van der Waals surface area contributed by atoms with Crippen molar-refractivity contribution in [2.45, 2.75) is 0 Å². The Balaban J connectivity index is 1.20. The molecule has 2 aromatic heterocycles. The highest BCUT2D eigenvalue weighted by molar-refractivity contribution is 6.20. The van der Waals surface area contributed by atoms with Crippen LogP contribution in [0.25, 0.3) is 82.3 Å². The minimum Gasteiger partial charge on any atom is -0.354 e. The van der Waals surface area contributed by atoms with Crippen LogP contribution in [-0.2, 0) is 0 Å². The number of nitrogens with one attached hydrogen (secondary N) is 1. The van der Waals surface area contributed by atoms with Gasteiger partial charge in [0.15, 0.2) is 0 Å². The highest BCUT2D eigenvalue weighted by atomic mass is 15.0. The molecule has 196 valence electrons. The molecule has 0 bridgehead atoms. The Morgan fingerprint density at radius 2 is 1.00 bits per heavy atom. The predicted molar refractivity (Wildman–Crippen MR) is 179 cm³/mol. The van der Waals surface area contributed by atoms with E-state index < -0.39 is 0 Å². The number of benzene rings is 7. The summed E-state index contributed by atoms with van der Waals surface area (Å²) in [6.07, 6.45) is 0. The molecule has 1 N–H and O–H groups in total. The van der Waals surface area contributed by atoms with Crippen molar-refractivity contribution in [3.8, 4) is 27.9 Å². The topological polar surface area (TPSA) is 20.7 Å². The summed E-state index contributed by atoms with van der Waals surface area (Å²) >= 11 is 0. The first-order valence-corrected chi connectivity index (χ1v) is 14.5. The van der Waals surface area contributed by atoms with Crippen LogP contribution in [0.2, 0.25) is 0 Å². The first-order valence-electron chi connectivity index (χ1n) is 14.5. The van der Waals surface area contributed by atoms with Crippen molar-refractivity contribution in [1.82, 2.24) is 9.55 Å². The third-order valence-electron chi connectivity index (χ3n) is 8.74. The summed E-state index contributed by atoms with van der Waals surface area (Å²) in [6.45, 7) is 0. The molecule has 0 atom stereocenters. The maximum Gasteiger partial charge on any atom is 0.0547 e. The Hall–Kier alpha value is -5.60. The molecule has 0 amide bonds. The van der Waals surface area contributed by atoms with Gasteiger partial charge in [0.1, 0.15) is 0 Å². The van der Waals surface area contributed by atoms with E-state index in [4.69, 9.17) is 0 Å². The lowest BCUT2D eigenvalue weighted by Crippen LogP contribution is -1.93. The lowest BCUT2D eigenvalue weighted by atomic mass is 9.94. The maximum atomic E-state index is 3.67. The maximum absolute atomic E-state index is 3.67. The number of rotatable bonds is 3. The second kappa shape index (κ2) is 8.95. The van der Waals surface area contributed by atoms with Crippen LogP contribution in [0.5, 0.6) is 0 Å². The quantitative estimate of drug-likeness (QED) is 0.233. The molecule has 0 aliphatic heterocycles. The van der Waals surface area contributed by atoms with Crippen LogP contribution in [-0.4, -0.2) is 9.55 Å². The molecule has 9 rings (SSSR count). The number of aromatic nitrogens is 2. The van der Waals surface area contributed by atoms with Crippen LogP contribution in [0.1, 0.15) is 0 Å². The Bertz CT molecular complexity index is 2440. The smallest absolute Gasteiger partial charge is 0.0547 e. The molecule has 7 aromatic carbocycles. The monoisotopic (exact) mass is 534 g/mol. The largest absolute Gasteiger partial charge is 0.354 e. The summed E-state index contributed by atoms with van der Waals surface area (Å²) in [5.74, 6) is 0. The first kappa shape index (κ1) is 23.1. The summed E-state index contributed by atoms with van der Waals surface area (Å²) in [6, 6.07) is 54.9. The Kier molecular flexibility index (Phi) is 4.93. The third kappa shape index (κ3) is 3.39. The van der Waals surface area contributed by atoms with Gasteiger partial charge in [-0.15, -0.1) is 0 Å². The van der Waals surface area contributed by atoms with Crippen molar-refractivity contribution < 1.29 is 0 Å². The van der Waals surface area contributed by atoms with Crippen molar-refractivity contribution in [3.63, 3.8) is 0 Å². The first-order chi connectivity index (χ1) is 20.8. The zero-order chi connectivity index (χ0) is 27.6. The Morgan fingerprint density at radius 3 is 1.83 bits per heavy atom. The van der Waals surface area contributed by atoms with Gasteiger partial charge in [-0.1, -0.05) is 115 Å². The van der Waals surface area contributed by atoms with Crippen LogP contribution < -0.4 is 0 Å². The zero-order valence-corrected chi connectivity index (χ0v) is 22.9. The van der Waals surface area contributed by atoms with E-state index in [1.165, 1.54) is 82.3 Å². The Morgan fingerprint density at radius 1 is 0.381 bits per heavy atom. The van der Waals surface area contributed by atoms with Gasteiger partial charge in [0.05, 0.1) is 16.6 Å². The van der Waals surface area contributed by atoms with Crippen LogP contribution in [0.3, 0.4) is 0 Å². The van der Waals surface area contributed by atoms with Crippen molar-refractivity contribution >= 4 is 54.4 Å². The van der Waals surface area contributed by atoms with Gasteiger partial charge in [0.2, 0.25) is 0 Å². The lowest BCUT2D eigenvalue weighted by molar-refractivity contribution is 1.18. The zero-order valence-electron chi connectivity index (χ0n) is 22.9. The van der Waals surface area contributed by atoms with Gasteiger partial charge in [-0.2, -0.15) is 0 Å². The van der Waals surface area contributed by atoms with Gasteiger partial charge in [-0.25, -0.2) is 0 Å². The lowest BCUT2D eigenvalue weighted by Gasteiger charge is -2.11. The molecule has 9 aromatic rings. The normalized spacial score (nSPS) is 11.8. The summed E-state index contributed by atoms with van der Waals surface area (Å²) < 4.78 is 2.38. The highest BCUT2D eigenvalue weighted by Gasteiger charge is 2.15. The van der Waals surface area contributed by atoms with E-state index in [-0.39, 0.29) is 0 Å². The summed E-state index contributed by atoms with van der Waals surface area (Å²) in [4.78, 5) is 3.67. The molecular formula is C40H26N2. The van der Waals surface area contributed by atoms with Gasteiger partial charge in [-0.05, 0) is 64.0 Å². The number of hydrogen-bond donors (Lipinski definition) is 1. The summed E-state index contributed by atoms with van der Waals surface area (Å²) in [5.41, 5.74) is 10.9. The summed E-state index contributed by atoms with van der Waals surface area (Å²) in [5, 5.41) is 7.59. The summed E-state index contributed by atoms with van der Waals surface area (Å²) in [7, 11) is 0. The number of para-hydroxylation sites is 3. The van der Waals surface area contributed by atoms with E-state index in [1.54, 1.807) is 0 Å². The number of H-pyrrole nitrogens is 1. The van der Waals surface area contributed by atoms with Crippen molar-refractivity contribution in [2.75, 3.05) is 0 Å². The minimum atomic E-state index is 1.17. The fraction of sp³-hybridized carbons (Fsp3) is 0. The van der Waals surface area contributed by atoms with Gasteiger partial charge in [-0.3, -0.25) is 0 Å². The second-order valence-corrected chi connectivity index (χ2v) is 11.1. The molecule has 2 nitrogen and oxygen atoms in total. The molecular weight excluding hydrogens is 508 g/mol. The molecule has 0 aliphatic carbocycles. The van der Waals surface area contributed by atoms with Gasteiger partial charge < -0.3 is 9.55 Å². The van der Waals surface area contributed by atoms with Crippen LogP contribution >= 0.6 is 0 Å². The van der Waals surface area contributed by atoms with Crippen LogP contribution in [0.4, 0.5) is 0 Å². The fourth-order valence-corrected chi connectivity index (χ4v) is 6.77. The van der Waals surface area contributed by atoms with Gasteiger partial charge in [0, 0.05) is 38.1 Å². The van der Waals surface area contributed by atoms with E-state index in [0.717, 1.165) is 0 Å². The van der Waals surface area contributed by atoms with Crippen molar-refractivity contribution in [1.29, 1.82) is 0 Å². The highest BCUT2D eigenvalue weighted by Crippen LogP contribution is 2.39. The van der Waals surface area contributed by atoms with E-state index in [0.29, 0.717) is 0 Å². The average molecular weight is 535 g/mol.